The van der Waals surface area contributed by atoms with E-state index in [1.54, 1.807) is 19.1 Å². The van der Waals surface area contributed by atoms with E-state index in [4.69, 9.17) is 14.6 Å². The fourth-order valence-electron chi connectivity index (χ4n) is 1.78. The van der Waals surface area contributed by atoms with Gasteiger partial charge in [-0.15, -0.1) is 0 Å². The molecule has 0 aliphatic heterocycles. The molecule has 0 heterocycles. The van der Waals surface area contributed by atoms with Crippen LogP contribution in [-0.2, 0) is 14.8 Å². The Morgan fingerprint density at radius 3 is 2.71 bits per heavy atom. The van der Waals surface area contributed by atoms with E-state index in [1.807, 2.05) is 0 Å². The molecule has 8 heteroatoms. The molecule has 0 saturated carbocycles. The van der Waals surface area contributed by atoms with Crippen molar-refractivity contribution in [1.29, 1.82) is 0 Å². The van der Waals surface area contributed by atoms with E-state index in [0.29, 0.717) is 11.1 Å². The summed E-state index contributed by atoms with van der Waals surface area (Å²) in [7, 11) is -2.30. The molecule has 1 rings (SSSR count). The molecule has 0 aromatic heterocycles. The average Bonchev–Trinajstić information content (AvgIpc) is 2.41. The lowest BCUT2D eigenvalue weighted by atomic mass is 10.2. The van der Waals surface area contributed by atoms with Crippen LogP contribution >= 0.6 is 15.9 Å². The van der Waals surface area contributed by atoms with Gasteiger partial charge in [-0.1, -0.05) is 15.9 Å². The third-order valence-corrected chi connectivity index (χ3v) is 4.70. The Morgan fingerprint density at radius 1 is 1.43 bits per heavy atom. The fourth-order valence-corrected chi connectivity index (χ4v) is 3.72. The molecule has 0 spiro atoms. The third-order valence-electron chi connectivity index (χ3n) is 2.66. The standard InChI is InChI=1S/C13H20BrNO5S/c1-3-20-12-5-4-10(14)8-13(12)21(17,18)15-11(6-7-16)9-19-2/h4-5,8,11,15-16H,3,6-7,9H2,1-2H3. The van der Waals surface area contributed by atoms with Gasteiger partial charge in [0, 0.05) is 24.2 Å². The first-order valence-corrected chi connectivity index (χ1v) is 8.76. The van der Waals surface area contributed by atoms with Gasteiger partial charge in [-0.2, -0.15) is 0 Å². The molecule has 1 unspecified atom stereocenters. The van der Waals surface area contributed by atoms with Gasteiger partial charge in [-0.05, 0) is 31.5 Å². The number of halogens is 1. The van der Waals surface area contributed by atoms with E-state index in [0.717, 1.165) is 0 Å². The van der Waals surface area contributed by atoms with Crippen molar-refractivity contribution in [2.75, 3.05) is 26.9 Å². The predicted molar refractivity (Wildman–Crippen MR) is 83.0 cm³/mol. The number of sulfonamides is 1. The Labute approximate surface area is 133 Å². The summed E-state index contributed by atoms with van der Waals surface area (Å²) in [6, 6.07) is 4.29. The summed E-state index contributed by atoms with van der Waals surface area (Å²) in [5.74, 6) is 0.286. The van der Waals surface area contributed by atoms with E-state index in [9.17, 15) is 8.42 Å². The third kappa shape index (κ3) is 5.55. The van der Waals surface area contributed by atoms with Crippen LogP contribution in [0.2, 0.25) is 0 Å². The number of rotatable bonds is 9. The number of benzene rings is 1. The van der Waals surface area contributed by atoms with Gasteiger partial charge >= 0.3 is 0 Å². The first-order chi connectivity index (χ1) is 9.94. The highest BCUT2D eigenvalue weighted by molar-refractivity contribution is 9.10. The topological polar surface area (TPSA) is 84.9 Å². The maximum Gasteiger partial charge on any atom is 0.244 e. The smallest absolute Gasteiger partial charge is 0.244 e. The molecule has 0 amide bonds. The second-order valence-corrected chi connectivity index (χ2v) is 6.91. The minimum atomic E-state index is -3.78. The highest BCUT2D eigenvalue weighted by atomic mass is 79.9. The summed E-state index contributed by atoms with van der Waals surface area (Å²) < 4.78 is 38.5. The monoisotopic (exact) mass is 381 g/mol. The summed E-state index contributed by atoms with van der Waals surface area (Å²) in [4.78, 5) is 0.0535. The van der Waals surface area contributed by atoms with Gasteiger partial charge < -0.3 is 14.6 Å². The van der Waals surface area contributed by atoms with Crippen LogP contribution in [0.3, 0.4) is 0 Å². The average molecular weight is 382 g/mol. The minimum absolute atomic E-state index is 0.0535. The lowest BCUT2D eigenvalue weighted by molar-refractivity contribution is 0.158. The molecule has 0 bridgehead atoms. The molecule has 0 saturated heterocycles. The van der Waals surface area contributed by atoms with E-state index >= 15 is 0 Å². The van der Waals surface area contributed by atoms with Gasteiger partial charge in [-0.25, -0.2) is 13.1 Å². The number of ether oxygens (including phenoxy) is 2. The van der Waals surface area contributed by atoms with Crippen molar-refractivity contribution >= 4 is 26.0 Å². The number of hydrogen-bond acceptors (Lipinski definition) is 5. The van der Waals surface area contributed by atoms with Crippen LogP contribution < -0.4 is 9.46 Å². The largest absolute Gasteiger partial charge is 0.492 e. The van der Waals surface area contributed by atoms with Crippen molar-refractivity contribution in [1.82, 2.24) is 4.72 Å². The van der Waals surface area contributed by atoms with Crippen LogP contribution in [0.5, 0.6) is 5.75 Å². The molecule has 0 radical (unpaired) electrons. The van der Waals surface area contributed by atoms with Crippen LogP contribution in [0.25, 0.3) is 0 Å². The van der Waals surface area contributed by atoms with Crippen LogP contribution in [0, 0.1) is 0 Å². The number of aliphatic hydroxyl groups excluding tert-OH is 1. The quantitative estimate of drug-likeness (QED) is 0.677. The van der Waals surface area contributed by atoms with E-state index in [-0.39, 0.29) is 30.3 Å². The highest BCUT2D eigenvalue weighted by Crippen LogP contribution is 2.27. The zero-order chi connectivity index (χ0) is 15.9. The second kappa shape index (κ2) is 8.70. The van der Waals surface area contributed by atoms with Crippen molar-refractivity contribution in [2.45, 2.75) is 24.3 Å². The zero-order valence-electron chi connectivity index (χ0n) is 12.0. The van der Waals surface area contributed by atoms with Crippen LogP contribution in [0.1, 0.15) is 13.3 Å². The lowest BCUT2D eigenvalue weighted by Gasteiger charge is -2.18. The van der Waals surface area contributed by atoms with E-state index in [1.165, 1.54) is 13.2 Å². The number of aliphatic hydroxyl groups is 1. The lowest BCUT2D eigenvalue weighted by Crippen LogP contribution is -2.38. The van der Waals surface area contributed by atoms with Gasteiger partial charge in [0.1, 0.15) is 10.6 Å². The molecule has 0 aliphatic carbocycles. The molecule has 21 heavy (non-hydrogen) atoms. The van der Waals surface area contributed by atoms with Gasteiger partial charge in [0.05, 0.1) is 13.2 Å². The molecule has 1 aromatic carbocycles. The first-order valence-electron chi connectivity index (χ1n) is 6.49. The molecule has 6 nitrogen and oxygen atoms in total. The summed E-state index contributed by atoms with van der Waals surface area (Å²) in [6.07, 6.45) is 0.269. The van der Waals surface area contributed by atoms with Crippen LogP contribution in [-0.4, -0.2) is 46.5 Å². The zero-order valence-corrected chi connectivity index (χ0v) is 14.4. The molecule has 1 aromatic rings. The molecule has 2 N–H and O–H groups in total. The van der Waals surface area contributed by atoms with Gasteiger partial charge in [0.15, 0.2) is 0 Å². The minimum Gasteiger partial charge on any atom is -0.492 e. The number of nitrogens with one attached hydrogen (secondary N) is 1. The van der Waals surface area contributed by atoms with Crippen molar-refractivity contribution < 1.29 is 23.0 Å². The van der Waals surface area contributed by atoms with Gasteiger partial charge in [0.25, 0.3) is 0 Å². The highest BCUT2D eigenvalue weighted by Gasteiger charge is 2.24. The number of methoxy groups -OCH3 is 1. The van der Waals surface area contributed by atoms with Crippen LogP contribution in [0.15, 0.2) is 27.6 Å². The molecule has 0 fully saturated rings. The maximum atomic E-state index is 12.5. The predicted octanol–water partition coefficient (Wildman–Crippen LogP) is 1.52. The number of hydrogen-bond donors (Lipinski definition) is 2. The Hall–Kier alpha value is -0.670. The molecule has 120 valence electrons. The van der Waals surface area contributed by atoms with Gasteiger partial charge in [-0.3, -0.25) is 0 Å². The summed E-state index contributed by atoms with van der Waals surface area (Å²) in [6.45, 7) is 2.19. The van der Waals surface area contributed by atoms with E-state index < -0.39 is 16.1 Å². The van der Waals surface area contributed by atoms with Crippen molar-refractivity contribution in [3.63, 3.8) is 0 Å². The van der Waals surface area contributed by atoms with Crippen molar-refractivity contribution in [3.05, 3.63) is 22.7 Å². The Balaban J connectivity index is 3.08. The molecular weight excluding hydrogens is 362 g/mol. The SMILES string of the molecule is CCOc1ccc(Br)cc1S(=O)(=O)NC(CCO)COC. The fraction of sp³-hybridized carbons (Fsp3) is 0.538. The Bertz CT molecular complexity index is 543. The summed E-state index contributed by atoms with van der Waals surface area (Å²) in [5, 5.41) is 8.99. The summed E-state index contributed by atoms with van der Waals surface area (Å²) >= 11 is 3.26. The molecule has 1 atom stereocenters. The second-order valence-electron chi connectivity index (χ2n) is 4.31. The van der Waals surface area contributed by atoms with E-state index in [2.05, 4.69) is 20.7 Å². The maximum absolute atomic E-state index is 12.5. The molecular formula is C13H20BrNO5S. The normalized spacial score (nSPS) is 13.1. The Kier molecular flexibility index (Phi) is 7.61. The Morgan fingerprint density at radius 2 is 2.14 bits per heavy atom. The van der Waals surface area contributed by atoms with Crippen LogP contribution in [0.4, 0.5) is 0 Å². The van der Waals surface area contributed by atoms with Crippen molar-refractivity contribution in [2.24, 2.45) is 0 Å². The first kappa shape index (κ1) is 18.4. The van der Waals surface area contributed by atoms with Crippen molar-refractivity contribution in [3.8, 4) is 5.75 Å². The molecule has 0 aliphatic rings. The summed E-state index contributed by atoms with van der Waals surface area (Å²) in [5.41, 5.74) is 0. The van der Waals surface area contributed by atoms with Gasteiger partial charge in [0.2, 0.25) is 10.0 Å².